The molecular formula is C29H25BF4N2. The van der Waals surface area contributed by atoms with Crippen LogP contribution in [0.25, 0.3) is 38.5 Å². The minimum atomic E-state index is -6.00. The minimum Gasteiger partial charge on any atom is -0.418 e. The van der Waals surface area contributed by atoms with Crippen LogP contribution in [0.5, 0.6) is 0 Å². The van der Waals surface area contributed by atoms with E-state index in [1.54, 1.807) is 0 Å². The molecule has 7 heteroatoms. The van der Waals surface area contributed by atoms with Gasteiger partial charge in [-0.15, -0.1) is 0 Å². The molecule has 182 valence electrons. The number of nitrogens with zero attached hydrogens (tertiary/aromatic N) is 2. The molecule has 0 aliphatic carbocycles. The van der Waals surface area contributed by atoms with Crippen LogP contribution >= 0.6 is 0 Å². The zero-order valence-electron chi connectivity index (χ0n) is 20.1. The Morgan fingerprint density at radius 1 is 0.806 bits per heavy atom. The van der Waals surface area contributed by atoms with E-state index in [9.17, 15) is 17.3 Å². The van der Waals surface area contributed by atoms with Crippen LogP contribution in [0.4, 0.5) is 23.0 Å². The van der Waals surface area contributed by atoms with Gasteiger partial charge in [0.15, 0.2) is 0 Å². The molecule has 0 saturated heterocycles. The maximum Gasteiger partial charge on any atom is 0.673 e. The summed E-state index contributed by atoms with van der Waals surface area (Å²) in [6.45, 7) is 6.36. The van der Waals surface area contributed by atoms with Crippen LogP contribution in [0.15, 0.2) is 84.9 Å². The van der Waals surface area contributed by atoms with Crippen molar-refractivity contribution in [2.24, 2.45) is 0 Å². The van der Waals surface area contributed by atoms with Gasteiger partial charge in [-0.1, -0.05) is 60.7 Å². The third-order valence-corrected chi connectivity index (χ3v) is 6.62. The summed E-state index contributed by atoms with van der Waals surface area (Å²) in [7, 11) is -6.00. The Balaban J connectivity index is 0.000000489. The van der Waals surface area contributed by atoms with Crippen LogP contribution < -0.4 is 5.35 Å². The normalized spacial score (nSPS) is 14.0. The number of allylic oxidation sites excluding steroid dienone is 2. The van der Waals surface area contributed by atoms with Gasteiger partial charge >= 0.3 is 7.25 Å². The van der Waals surface area contributed by atoms with Crippen LogP contribution in [0.1, 0.15) is 19.4 Å². The molecule has 1 aliphatic rings. The van der Waals surface area contributed by atoms with E-state index in [0.717, 1.165) is 13.1 Å². The van der Waals surface area contributed by atoms with E-state index in [4.69, 9.17) is 0 Å². The minimum absolute atomic E-state index is 0.954. The Morgan fingerprint density at radius 3 is 2.08 bits per heavy atom. The van der Waals surface area contributed by atoms with Crippen molar-refractivity contribution in [3.8, 4) is 0 Å². The second-order valence-electron chi connectivity index (χ2n) is 8.64. The fraction of sp³-hybridized carbons (Fsp3) is 0.138. The summed E-state index contributed by atoms with van der Waals surface area (Å²) in [5.41, 5.74) is 5.24. The molecule has 0 atom stereocenters. The quantitative estimate of drug-likeness (QED) is 0.141. The molecular weight excluding hydrogens is 463 g/mol. The lowest BCUT2D eigenvalue weighted by Gasteiger charge is -2.01. The summed E-state index contributed by atoms with van der Waals surface area (Å²) < 4.78 is 43.8. The molecule has 5 aromatic rings. The molecule has 0 fully saturated rings. The van der Waals surface area contributed by atoms with Crippen molar-refractivity contribution in [2.45, 2.75) is 20.4 Å². The monoisotopic (exact) mass is 488 g/mol. The Hall–Kier alpha value is -3.87. The van der Waals surface area contributed by atoms with E-state index in [2.05, 4.69) is 114 Å². The first-order valence-electron chi connectivity index (χ1n) is 12.0. The SMILES string of the molecule is CCn1/c(=C\C=C/C2=[N+](CC)c3cccc4cccc2c34)c2cccc3cccc1c32.F[B-](F)(F)F. The largest absolute Gasteiger partial charge is 0.673 e. The van der Waals surface area contributed by atoms with Crippen LogP contribution in [-0.4, -0.2) is 28.7 Å². The number of aromatic nitrogens is 1. The molecule has 0 bridgehead atoms. The summed E-state index contributed by atoms with van der Waals surface area (Å²) in [6.07, 6.45) is 6.79. The van der Waals surface area contributed by atoms with Crippen molar-refractivity contribution in [1.82, 2.24) is 4.57 Å². The maximum atomic E-state index is 9.75. The average molecular weight is 488 g/mol. The zero-order valence-corrected chi connectivity index (χ0v) is 20.1. The third-order valence-electron chi connectivity index (χ3n) is 6.62. The number of hydrogen-bond acceptors (Lipinski definition) is 0. The third kappa shape index (κ3) is 4.19. The molecule has 2 nitrogen and oxygen atoms in total. The van der Waals surface area contributed by atoms with Gasteiger partial charge in [0.1, 0.15) is 6.54 Å². The molecule has 0 N–H and O–H groups in total. The molecule has 0 spiro atoms. The molecule has 0 radical (unpaired) electrons. The Labute approximate surface area is 206 Å². The first kappa shape index (κ1) is 23.9. The van der Waals surface area contributed by atoms with E-state index in [0.29, 0.717) is 0 Å². The van der Waals surface area contributed by atoms with E-state index < -0.39 is 7.25 Å². The van der Waals surface area contributed by atoms with Crippen molar-refractivity contribution in [3.05, 3.63) is 95.9 Å². The maximum absolute atomic E-state index is 9.75. The highest BCUT2D eigenvalue weighted by molar-refractivity contribution is 6.50. The van der Waals surface area contributed by atoms with Crippen molar-refractivity contribution in [3.63, 3.8) is 0 Å². The number of hydrogen-bond donors (Lipinski definition) is 0. The second kappa shape index (κ2) is 9.30. The molecule has 36 heavy (non-hydrogen) atoms. The summed E-state index contributed by atoms with van der Waals surface area (Å²) in [4.78, 5) is 0. The van der Waals surface area contributed by atoms with Gasteiger partial charge in [-0.05, 0) is 42.8 Å². The van der Waals surface area contributed by atoms with E-state index >= 15 is 0 Å². The molecule has 0 saturated carbocycles. The van der Waals surface area contributed by atoms with Crippen molar-refractivity contribution < 1.29 is 21.8 Å². The molecule has 0 amide bonds. The van der Waals surface area contributed by atoms with E-state index in [1.165, 1.54) is 54.8 Å². The molecule has 0 unspecified atom stereocenters. The van der Waals surface area contributed by atoms with Gasteiger partial charge in [0.25, 0.3) is 0 Å². The van der Waals surface area contributed by atoms with Gasteiger partial charge in [0.2, 0.25) is 11.4 Å². The zero-order chi connectivity index (χ0) is 25.4. The summed E-state index contributed by atoms with van der Waals surface area (Å²) >= 11 is 0. The van der Waals surface area contributed by atoms with Crippen LogP contribution in [-0.2, 0) is 6.54 Å². The molecule has 6 rings (SSSR count). The van der Waals surface area contributed by atoms with Crippen molar-refractivity contribution >= 4 is 57.2 Å². The van der Waals surface area contributed by atoms with Gasteiger partial charge in [0, 0.05) is 40.3 Å². The molecule has 1 aromatic heterocycles. The lowest BCUT2D eigenvalue weighted by molar-refractivity contribution is -0.430. The second-order valence-corrected chi connectivity index (χ2v) is 8.64. The predicted octanol–water partition coefficient (Wildman–Crippen LogP) is 7.49. The van der Waals surface area contributed by atoms with E-state index in [-0.39, 0.29) is 0 Å². The van der Waals surface area contributed by atoms with Crippen LogP contribution in [0.3, 0.4) is 0 Å². The van der Waals surface area contributed by atoms with E-state index in [1.807, 2.05) is 0 Å². The lowest BCUT2D eigenvalue weighted by atomic mass is 10.0. The summed E-state index contributed by atoms with van der Waals surface area (Å²) in [5, 5.41) is 7.96. The van der Waals surface area contributed by atoms with Crippen LogP contribution in [0, 0.1) is 0 Å². The van der Waals surface area contributed by atoms with Gasteiger partial charge in [0.05, 0.1) is 10.9 Å². The van der Waals surface area contributed by atoms with Gasteiger partial charge in [-0.2, -0.15) is 4.58 Å². The molecule has 2 heterocycles. The smallest absolute Gasteiger partial charge is 0.418 e. The molecule has 1 aliphatic heterocycles. The first-order chi connectivity index (χ1) is 17.3. The van der Waals surface area contributed by atoms with Gasteiger partial charge in [-0.25, -0.2) is 0 Å². The Kier molecular flexibility index (Phi) is 6.16. The fourth-order valence-electron chi connectivity index (χ4n) is 5.34. The van der Waals surface area contributed by atoms with Crippen molar-refractivity contribution in [1.29, 1.82) is 0 Å². The lowest BCUT2D eigenvalue weighted by Crippen LogP contribution is -2.15. The number of halogens is 4. The van der Waals surface area contributed by atoms with Crippen molar-refractivity contribution in [2.75, 3.05) is 6.54 Å². The average Bonchev–Trinajstić information content (AvgIpc) is 3.33. The standard InChI is InChI=1S/C29H25N2.BF4/c1-3-30-24(22-14-5-10-20-12-7-18-26(30)28(20)22)16-9-17-25-23-15-6-11-21-13-8-19-27(29(21)23)31(25)4-2;2-1(3,4)5/h5-19H,3-4H2,1-2H3;/q+1;-1. The predicted molar refractivity (Wildman–Crippen MR) is 143 cm³/mol. The Morgan fingerprint density at radius 2 is 1.42 bits per heavy atom. The molecule has 4 aromatic carbocycles. The number of rotatable bonds is 4. The summed E-state index contributed by atoms with van der Waals surface area (Å²) in [5.74, 6) is 0. The van der Waals surface area contributed by atoms with Gasteiger partial charge < -0.3 is 21.8 Å². The number of aryl methyl sites for hydroxylation is 1. The van der Waals surface area contributed by atoms with Gasteiger partial charge in [-0.3, -0.25) is 0 Å². The Bertz CT molecular complexity index is 1690. The van der Waals surface area contributed by atoms with Crippen LogP contribution in [0.2, 0.25) is 0 Å². The summed E-state index contributed by atoms with van der Waals surface area (Å²) in [6, 6.07) is 26.5. The fourth-order valence-corrected chi connectivity index (χ4v) is 5.34. The number of benzene rings is 4. The highest BCUT2D eigenvalue weighted by Gasteiger charge is 2.28. The highest BCUT2D eigenvalue weighted by atomic mass is 19.5. The first-order valence-corrected chi connectivity index (χ1v) is 12.0. The highest BCUT2D eigenvalue weighted by Crippen LogP contribution is 2.35. The topological polar surface area (TPSA) is 7.94 Å².